The van der Waals surface area contributed by atoms with Gasteiger partial charge in [-0.2, -0.15) is 5.26 Å². The lowest BCUT2D eigenvalue weighted by Gasteiger charge is -2.35. The molecule has 0 spiro atoms. The predicted molar refractivity (Wildman–Crippen MR) is 328 cm³/mol. The number of nitriles is 1. The molecule has 6 heterocycles. The highest BCUT2D eigenvalue weighted by atomic mass is 16.2. The Bertz CT molecular complexity index is 4000. The molecule has 4 aromatic heterocycles. The van der Waals surface area contributed by atoms with E-state index >= 15 is 9.59 Å². The van der Waals surface area contributed by atoms with Crippen molar-refractivity contribution in [1.82, 2.24) is 39.7 Å². The molecule has 2 unspecified atom stereocenters. The maximum atomic E-state index is 15.1. The van der Waals surface area contributed by atoms with Crippen molar-refractivity contribution >= 4 is 68.5 Å². The van der Waals surface area contributed by atoms with E-state index < -0.39 is 23.7 Å². The van der Waals surface area contributed by atoms with Gasteiger partial charge in [-0.15, -0.1) is 0 Å². The number of hydrogen-bond donors (Lipinski definition) is 3. The van der Waals surface area contributed by atoms with Crippen LogP contribution in [0.15, 0.2) is 195 Å². The zero-order valence-corrected chi connectivity index (χ0v) is 46.3. The summed E-state index contributed by atoms with van der Waals surface area (Å²) in [5.41, 5.74) is 12.3. The summed E-state index contributed by atoms with van der Waals surface area (Å²) in [7, 11) is 0. The van der Waals surface area contributed by atoms with Crippen molar-refractivity contribution in [3.05, 3.63) is 223 Å². The van der Waals surface area contributed by atoms with Gasteiger partial charge in [-0.05, 0) is 129 Å². The van der Waals surface area contributed by atoms with Crippen LogP contribution >= 0.6 is 0 Å². The Morgan fingerprint density at radius 2 is 0.881 bits per heavy atom. The summed E-state index contributed by atoms with van der Waals surface area (Å²) in [4.78, 5) is 79.8. The molecule has 2 aliphatic rings. The summed E-state index contributed by atoms with van der Waals surface area (Å²) in [6.45, 7) is 10.1. The number of anilines is 5. The minimum absolute atomic E-state index is 0.244. The molecule has 2 saturated heterocycles. The molecule has 2 fully saturated rings. The highest BCUT2D eigenvalue weighted by Crippen LogP contribution is 2.38. The standard InChI is InChI=1S/C67H60N14O3/c1-45(82)73-55-22-14-52(15-23-55)65(67(84)75-57-20-12-50(13-21-57)54-17-25-59-61(37-54)77-63(42-72-59)81-34-30-79(31-35-81)44-48-5-3-27-70-40-48)64(51-8-6-46(38-68)7-9-51)66(83)74-56-18-10-49(11-19-56)53-16-24-58-60(36-53)76-62(41-71-58)80-32-28-78(29-33-80)43-47-4-2-26-69-39-47/h2-27,36-37,39-42,64-65H,28-35,43-44H2,1H3,(H,73,82)(H,74,83)(H,75,84). The van der Waals surface area contributed by atoms with Crippen LogP contribution in [0.3, 0.4) is 0 Å². The second kappa shape index (κ2) is 24.8. The third kappa shape index (κ3) is 12.8. The molecule has 416 valence electrons. The van der Waals surface area contributed by atoms with Crippen LogP contribution in [0.1, 0.15) is 46.6 Å². The number of fused-ring (bicyclic) bond motifs is 2. The average molecular weight is 1110 g/mol. The van der Waals surface area contributed by atoms with E-state index in [0.717, 1.165) is 121 Å². The first-order valence-electron chi connectivity index (χ1n) is 28.1. The number of benzene rings is 6. The lowest BCUT2D eigenvalue weighted by molar-refractivity contribution is -0.124. The molecular formula is C67H60N14O3. The fraction of sp³-hybridized carbons (Fsp3) is 0.194. The van der Waals surface area contributed by atoms with Crippen molar-refractivity contribution in [3.63, 3.8) is 0 Å². The van der Waals surface area contributed by atoms with E-state index in [4.69, 9.17) is 19.9 Å². The number of carbonyl (C=O) groups excluding carboxylic acids is 3. The predicted octanol–water partition coefficient (Wildman–Crippen LogP) is 10.3. The van der Waals surface area contributed by atoms with Gasteiger partial charge in [0.15, 0.2) is 0 Å². The molecule has 10 aromatic rings. The van der Waals surface area contributed by atoms with Crippen molar-refractivity contribution in [2.24, 2.45) is 0 Å². The molecule has 17 heteroatoms. The maximum absolute atomic E-state index is 15.1. The molecule has 17 nitrogen and oxygen atoms in total. The lowest BCUT2D eigenvalue weighted by Crippen LogP contribution is -2.46. The molecule has 0 bridgehead atoms. The van der Waals surface area contributed by atoms with Gasteiger partial charge in [-0.3, -0.25) is 44.1 Å². The number of rotatable bonds is 16. The van der Waals surface area contributed by atoms with Crippen molar-refractivity contribution < 1.29 is 14.4 Å². The molecule has 2 aliphatic heterocycles. The third-order valence-corrected chi connectivity index (χ3v) is 15.6. The Kier molecular flexibility index (Phi) is 16.1. The molecular weight excluding hydrogens is 1050 g/mol. The normalized spacial score (nSPS) is 14.6. The highest BCUT2D eigenvalue weighted by molar-refractivity contribution is 6.05. The summed E-state index contributed by atoms with van der Waals surface area (Å²) in [5, 5.41) is 18.8. The number of pyridine rings is 2. The number of nitrogens with one attached hydrogen (secondary N) is 3. The average Bonchev–Trinajstić information content (AvgIpc) is 3.73. The van der Waals surface area contributed by atoms with Crippen LogP contribution in [0.5, 0.6) is 0 Å². The van der Waals surface area contributed by atoms with E-state index in [1.54, 1.807) is 60.9 Å². The molecule has 0 radical (unpaired) electrons. The minimum atomic E-state index is -1.08. The van der Waals surface area contributed by atoms with E-state index in [1.807, 2.05) is 122 Å². The fourth-order valence-electron chi connectivity index (χ4n) is 11.1. The highest BCUT2D eigenvalue weighted by Gasteiger charge is 2.37. The monoisotopic (exact) mass is 1110 g/mol. The second-order valence-corrected chi connectivity index (χ2v) is 21.2. The summed E-state index contributed by atoms with van der Waals surface area (Å²) >= 11 is 0. The molecule has 2 atom stereocenters. The van der Waals surface area contributed by atoms with Gasteiger partial charge < -0.3 is 25.8 Å². The van der Waals surface area contributed by atoms with Crippen molar-refractivity contribution in [2.45, 2.75) is 31.8 Å². The smallest absolute Gasteiger partial charge is 0.233 e. The van der Waals surface area contributed by atoms with E-state index in [2.05, 4.69) is 63.7 Å². The zero-order valence-electron chi connectivity index (χ0n) is 46.3. The molecule has 6 aromatic carbocycles. The van der Waals surface area contributed by atoms with Crippen molar-refractivity contribution in [2.75, 3.05) is 78.1 Å². The van der Waals surface area contributed by atoms with Gasteiger partial charge in [-0.25, -0.2) is 9.97 Å². The largest absolute Gasteiger partial charge is 0.353 e. The fourth-order valence-corrected chi connectivity index (χ4v) is 11.1. The first-order valence-corrected chi connectivity index (χ1v) is 28.1. The van der Waals surface area contributed by atoms with Crippen LogP contribution in [0.25, 0.3) is 44.3 Å². The zero-order chi connectivity index (χ0) is 57.4. The van der Waals surface area contributed by atoms with Crippen LogP contribution in [0, 0.1) is 11.3 Å². The van der Waals surface area contributed by atoms with Gasteiger partial charge in [-0.1, -0.05) is 72.8 Å². The van der Waals surface area contributed by atoms with Crippen LogP contribution in [0.2, 0.25) is 0 Å². The number of nitrogens with zero attached hydrogens (tertiary/aromatic N) is 11. The van der Waals surface area contributed by atoms with E-state index in [1.165, 1.54) is 18.1 Å². The van der Waals surface area contributed by atoms with Gasteiger partial charge in [0.1, 0.15) is 11.6 Å². The van der Waals surface area contributed by atoms with Crippen molar-refractivity contribution in [1.29, 1.82) is 5.26 Å². The SMILES string of the molecule is CC(=O)Nc1ccc(C(C(=O)Nc2ccc(-c3ccc4ncc(N5CCN(Cc6cccnc6)CC5)nc4c3)cc2)C(C(=O)Nc2ccc(-c3ccc4ncc(N5CCN(Cc6cccnc6)CC5)nc4c3)cc2)c2ccc(C#N)cc2)cc1. The second-order valence-electron chi connectivity index (χ2n) is 21.2. The van der Waals surface area contributed by atoms with Crippen LogP contribution in [-0.2, 0) is 27.5 Å². The van der Waals surface area contributed by atoms with Gasteiger partial charge in [0.05, 0.1) is 57.9 Å². The molecule has 84 heavy (non-hydrogen) atoms. The summed E-state index contributed by atoms with van der Waals surface area (Å²) in [6.07, 6.45) is 11.1. The third-order valence-electron chi connectivity index (χ3n) is 15.6. The van der Waals surface area contributed by atoms with E-state index in [-0.39, 0.29) is 5.91 Å². The molecule has 3 amide bonds. The van der Waals surface area contributed by atoms with Gasteiger partial charge in [0, 0.05) is 114 Å². The van der Waals surface area contributed by atoms with Crippen LogP contribution < -0.4 is 25.8 Å². The maximum Gasteiger partial charge on any atom is 0.233 e. The number of hydrogen-bond acceptors (Lipinski definition) is 14. The molecule has 12 rings (SSSR count). The van der Waals surface area contributed by atoms with Crippen LogP contribution in [-0.4, -0.2) is 110 Å². The Morgan fingerprint density at radius 1 is 0.476 bits per heavy atom. The Labute approximate surface area is 486 Å². The van der Waals surface area contributed by atoms with Gasteiger partial charge >= 0.3 is 0 Å². The molecule has 0 aliphatic carbocycles. The summed E-state index contributed by atoms with van der Waals surface area (Å²) in [5.74, 6) is -1.61. The Balaban J connectivity index is 0.763. The number of aromatic nitrogens is 6. The summed E-state index contributed by atoms with van der Waals surface area (Å²) < 4.78 is 0. The molecule has 0 saturated carbocycles. The lowest BCUT2D eigenvalue weighted by atomic mass is 9.79. The number of amides is 3. The molecule has 3 N–H and O–H groups in total. The first kappa shape index (κ1) is 54.3. The van der Waals surface area contributed by atoms with Gasteiger partial charge in [0.2, 0.25) is 17.7 Å². The topological polar surface area (TPSA) is 201 Å². The Morgan fingerprint density at radius 3 is 1.29 bits per heavy atom. The Hall–Kier alpha value is -10.3. The number of carbonyl (C=O) groups is 3. The minimum Gasteiger partial charge on any atom is -0.353 e. The van der Waals surface area contributed by atoms with Crippen molar-refractivity contribution in [3.8, 4) is 28.3 Å². The first-order chi connectivity index (χ1) is 41.1. The number of piperazine rings is 2. The van der Waals surface area contributed by atoms with E-state index in [9.17, 15) is 10.1 Å². The van der Waals surface area contributed by atoms with Crippen LogP contribution in [0.4, 0.5) is 28.7 Å². The van der Waals surface area contributed by atoms with Gasteiger partial charge in [0.25, 0.3) is 0 Å². The van der Waals surface area contributed by atoms with E-state index in [0.29, 0.717) is 33.8 Å². The quantitative estimate of drug-likeness (QED) is 0.0825. The summed E-state index contributed by atoms with van der Waals surface area (Å²) in [6, 6.07) is 51.1.